The van der Waals surface area contributed by atoms with Crippen molar-refractivity contribution in [2.24, 2.45) is 5.10 Å². The zero-order chi connectivity index (χ0) is 22.4. The Balaban J connectivity index is 1.81. The molecule has 0 fully saturated rings. The van der Waals surface area contributed by atoms with Crippen molar-refractivity contribution in [3.63, 3.8) is 0 Å². The van der Waals surface area contributed by atoms with Crippen LogP contribution >= 0.6 is 39.1 Å². The Kier molecular flexibility index (Phi) is 7.72. The molecule has 0 aliphatic heterocycles. The standard InChI is InChI=1S/C21H16BrCl2N3O3S/c22-16-7-9-17(10-8-16)27(31(29,30)18-4-2-1-3-5-18)14-21(28)26-25-13-15-6-11-19(23)20(24)12-15/h1-13H,14H2,(H,26,28)/b25-13+. The fraction of sp³-hybridized carbons (Fsp3) is 0.0476. The van der Waals surface area contributed by atoms with E-state index in [0.29, 0.717) is 21.3 Å². The Bertz CT molecular complexity index is 1200. The lowest BCUT2D eigenvalue weighted by Gasteiger charge is -2.23. The van der Waals surface area contributed by atoms with E-state index in [1.165, 1.54) is 18.3 Å². The molecule has 1 amide bonds. The van der Waals surface area contributed by atoms with Crippen LogP contribution in [0.4, 0.5) is 5.69 Å². The number of nitrogens with one attached hydrogen (secondary N) is 1. The number of sulfonamides is 1. The number of hydrogen-bond donors (Lipinski definition) is 1. The molecule has 6 nitrogen and oxygen atoms in total. The molecule has 1 N–H and O–H groups in total. The Labute approximate surface area is 198 Å². The number of nitrogens with zero attached hydrogens (tertiary/aromatic N) is 2. The van der Waals surface area contributed by atoms with Crippen LogP contribution < -0.4 is 9.73 Å². The maximum absolute atomic E-state index is 13.2. The Hall–Kier alpha value is -2.39. The van der Waals surface area contributed by atoms with Gasteiger partial charge in [-0.25, -0.2) is 13.8 Å². The van der Waals surface area contributed by atoms with Crippen molar-refractivity contribution in [1.82, 2.24) is 5.43 Å². The van der Waals surface area contributed by atoms with Crippen molar-refractivity contribution in [1.29, 1.82) is 0 Å². The van der Waals surface area contributed by atoms with E-state index in [9.17, 15) is 13.2 Å². The number of carbonyl (C=O) groups is 1. The first-order chi connectivity index (χ1) is 14.8. The molecule has 0 aliphatic rings. The fourth-order valence-electron chi connectivity index (χ4n) is 2.58. The van der Waals surface area contributed by atoms with Gasteiger partial charge in [0, 0.05) is 4.47 Å². The van der Waals surface area contributed by atoms with Crippen LogP contribution in [0.5, 0.6) is 0 Å². The number of hydrogen-bond acceptors (Lipinski definition) is 4. The van der Waals surface area contributed by atoms with E-state index in [1.807, 2.05) is 0 Å². The third-order valence-corrected chi connectivity index (χ3v) is 7.14. The Morgan fingerprint density at radius 1 is 1.00 bits per heavy atom. The quantitative estimate of drug-likeness (QED) is 0.334. The largest absolute Gasteiger partial charge is 0.271 e. The lowest BCUT2D eigenvalue weighted by Crippen LogP contribution is -2.39. The summed E-state index contributed by atoms with van der Waals surface area (Å²) in [5.74, 6) is -0.612. The maximum atomic E-state index is 13.2. The minimum atomic E-state index is -3.98. The lowest BCUT2D eigenvalue weighted by molar-refractivity contribution is -0.119. The molecule has 3 aromatic carbocycles. The molecule has 31 heavy (non-hydrogen) atoms. The highest BCUT2D eigenvalue weighted by molar-refractivity contribution is 9.10. The number of amides is 1. The molecular formula is C21H16BrCl2N3O3S. The normalized spacial score (nSPS) is 11.5. The van der Waals surface area contributed by atoms with Crippen LogP contribution in [0.15, 0.2) is 87.3 Å². The zero-order valence-electron chi connectivity index (χ0n) is 15.9. The van der Waals surface area contributed by atoms with Gasteiger partial charge < -0.3 is 0 Å². The highest BCUT2D eigenvalue weighted by Gasteiger charge is 2.27. The first kappa shape index (κ1) is 23.3. The van der Waals surface area contributed by atoms with Gasteiger partial charge in [0.2, 0.25) is 0 Å². The van der Waals surface area contributed by atoms with Crippen molar-refractivity contribution in [3.05, 3.63) is 92.9 Å². The summed E-state index contributed by atoms with van der Waals surface area (Å²) in [6.07, 6.45) is 1.38. The Morgan fingerprint density at radius 3 is 2.32 bits per heavy atom. The summed E-state index contributed by atoms with van der Waals surface area (Å²) < 4.78 is 28.2. The van der Waals surface area contributed by atoms with E-state index in [2.05, 4.69) is 26.5 Å². The second kappa shape index (κ2) is 10.3. The van der Waals surface area contributed by atoms with E-state index in [4.69, 9.17) is 23.2 Å². The van der Waals surface area contributed by atoms with E-state index in [-0.39, 0.29) is 4.90 Å². The van der Waals surface area contributed by atoms with E-state index in [0.717, 1.165) is 8.78 Å². The predicted octanol–water partition coefficient (Wildman–Crippen LogP) is 5.10. The summed E-state index contributed by atoms with van der Waals surface area (Å²) in [6.45, 7) is -0.461. The average Bonchev–Trinajstić information content (AvgIpc) is 2.76. The molecule has 3 aromatic rings. The minimum absolute atomic E-state index is 0.0741. The molecule has 0 unspecified atom stereocenters. The summed E-state index contributed by atoms with van der Waals surface area (Å²) in [5, 5.41) is 4.63. The van der Waals surface area contributed by atoms with E-state index < -0.39 is 22.5 Å². The van der Waals surface area contributed by atoms with Crippen LogP contribution in [0.3, 0.4) is 0 Å². The second-order valence-electron chi connectivity index (χ2n) is 6.27. The van der Waals surface area contributed by atoms with Gasteiger partial charge in [-0.05, 0) is 54.1 Å². The maximum Gasteiger partial charge on any atom is 0.264 e. The van der Waals surface area contributed by atoms with Gasteiger partial charge in [0.05, 0.1) is 26.8 Å². The second-order valence-corrected chi connectivity index (χ2v) is 9.86. The molecule has 0 bridgehead atoms. The number of halogens is 3. The van der Waals surface area contributed by atoms with Crippen LogP contribution in [0, 0.1) is 0 Å². The molecule has 0 heterocycles. The molecule has 10 heteroatoms. The monoisotopic (exact) mass is 539 g/mol. The summed E-state index contributed by atoms with van der Waals surface area (Å²) in [4.78, 5) is 12.6. The third-order valence-electron chi connectivity index (χ3n) is 4.08. The minimum Gasteiger partial charge on any atom is -0.271 e. The zero-order valence-corrected chi connectivity index (χ0v) is 19.8. The highest BCUT2D eigenvalue weighted by atomic mass is 79.9. The average molecular weight is 541 g/mol. The van der Waals surface area contributed by atoms with Gasteiger partial charge in [-0.3, -0.25) is 9.10 Å². The molecule has 160 valence electrons. The van der Waals surface area contributed by atoms with Crippen molar-refractivity contribution in [2.75, 3.05) is 10.8 Å². The molecule has 0 aromatic heterocycles. The van der Waals surface area contributed by atoms with Crippen molar-refractivity contribution in [3.8, 4) is 0 Å². The van der Waals surface area contributed by atoms with Crippen LogP contribution in [0.25, 0.3) is 0 Å². The van der Waals surface area contributed by atoms with Crippen molar-refractivity contribution in [2.45, 2.75) is 4.90 Å². The summed E-state index contributed by atoms with van der Waals surface area (Å²) in [6, 6.07) is 19.4. The number of rotatable bonds is 7. The van der Waals surface area contributed by atoms with Crippen molar-refractivity contribution < 1.29 is 13.2 Å². The lowest BCUT2D eigenvalue weighted by atomic mass is 10.2. The topological polar surface area (TPSA) is 78.8 Å². The first-order valence-electron chi connectivity index (χ1n) is 8.88. The van der Waals surface area contributed by atoms with E-state index >= 15 is 0 Å². The molecule has 3 rings (SSSR count). The van der Waals surface area contributed by atoms with Crippen LogP contribution in [0.2, 0.25) is 10.0 Å². The number of benzene rings is 3. The van der Waals surface area contributed by atoms with Gasteiger partial charge in [-0.1, -0.05) is 63.4 Å². The van der Waals surface area contributed by atoms with Gasteiger partial charge in [0.15, 0.2) is 0 Å². The molecule has 0 atom stereocenters. The predicted molar refractivity (Wildman–Crippen MR) is 127 cm³/mol. The number of carbonyl (C=O) groups excluding carboxylic acids is 1. The van der Waals surface area contributed by atoms with Gasteiger partial charge in [0.1, 0.15) is 6.54 Å². The third kappa shape index (κ3) is 6.07. The highest BCUT2D eigenvalue weighted by Crippen LogP contribution is 2.25. The SMILES string of the molecule is O=C(CN(c1ccc(Br)cc1)S(=O)(=O)c1ccccc1)N/N=C/c1ccc(Cl)c(Cl)c1. The van der Waals surface area contributed by atoms with Crippen LogP contribution in [-0.4, -0.2) is 27.1 Å². The summed E-state index contributed by atoms with van der Waals surface area (Å²) in [7, 11) is -3.98. The molecule has 0 saturated carbocycles. The Morgan fingerprint density at radius 2 is 1.68 bits per heavy atom. The number of anilines is 1. The van der Waals surface area contributed by atoms with Gasteiger partial charge in [0.25, 0.3) is 15.9 Å². The van der Waals surface area contributed by atoms with Crippen LogP contribution in [-0.2, 0) is 14.8 Å². The summed E-state index contributed by atoms with van der Waals surface area (Å²) >= 11 is 15.1. The van der Waals surface area contributed by atoms with Gasteiger partial charge in [-0.2, -0.15) is 5.10 Å². The molecule has 0 radical (unpaired) electrons. The number of hydrazone groups is 1. The smallest absolute Gasteiger partial charge is 0.264 e. The first-order valence-corrected chi connectivity index (χ1v) is 11.9. The molecule has 0 spiro atoms. The van der Waals surface area contributed by atoms with Gasteiger partial charge in [-0.15, -0.1) is 0 Å². The molecular weight excluding hydrogens is 525 g/mol. The fourth-order valence-corrected chi connectivity index (χ4v) is 4.59. The van der Waals surface area contributed by atoms with Crippen molar-refractivity contribution >= 4 is 67.0 Å². The van der Waals surface area contributed by atoms with E-state index in [1.54, 1.807) is 60.7 Å². The van der Waals surface area contributed by atoms with Crippen LogP contribution in [0.1, 0.15) is 5.56 Å². The molecule has 0 aliphatic carbocycles. The summed E-state index contributed by atoms with van der Waals surface area (Å²) in [5.41, 5.74) is 3.30. The van der Waals surface area contributed by atoms with Gasteiger partial charge >= 0.3 is 0 Å². The molecule has 0 saturated heterocycles.